The highest BCUT2D eigenvalue weighted by Gasteiger charge is 2.60. The molecule has 28 heavy (non-hydrogen) atoms. The first kappa shape index (κ1) is 19.2. The first-order valence-electron chi connectivity index (χ1n) is 8.60. The number of benzene rings is 2. The van der Waals surface area contributed by atoms with Crippen molar-refractivity contribution in [3.63, 3.8) is 0 Å². The fraction of sp³-hybridized carbons (Fsp3) is 0.200. The van der Waals surface area contributed by atoms with Crippen LogP contribution in [0.15, 0.2) is 59.7 Å². The van der Waals surface area contributed by atoms with Crippen LogP contribution in [-0.4, -0.2) is 35.5 Å². The molecule has 1 unspecified atom stereocenters. The number of hydrogen-bond donors (Lipinski definition) is 1. The Balaban J connectivity index is 2.07. The lowest BCUT2D eigenvalue weighted by molar-refractivity contribution is -0.147. The number of nitrogens with zero attached hydrogens (tertiary/aromatic N) is 2. The lowest BCUT2D eigenvalue weighted by Gasteiger charge is -2.31. The van der Waals surface area contributed by atoms with Gasteiger partial charge in [-0.15, -0.1) is 0 Å². The summed E-state index contributed by atoms with van der Waals surface area (Å²) in [5, 5.41) is 4.02. The highest BCUT2D eigenvalue weighted by Crippen LogP contribution is 2.33. The molecule has 0 aliphatic carbocycles. The normalized spacial score (nSPS) is 20.5. The lowest BCUT2D eigenvalue weighted by atomic mass is 9.95. The van der Waals surface area contributed by atoms with Crippen LogP contribution >= 0.6 is 0 Å². The van der Waals surface area contributed by atoms with E-state index in [4.69, 9.17) is 4.74 Å². The van der Waals surface area contributed by atoms with Gasteiger partial charge in [-0.25, -0.2) is 9.18 Å². The minimum absolute atomic E-state index is 0.0676. The molecule has 0 bridgehead atoms. The van der Waals surface area contributed by atoms with Gasteiger partial charge in [0.05, 0.1) is 12.3 Å². The number of rotatable bonds is 5. The van der Waals surface area contributed by atoms with E-state index in [1.807, 2.05) is 0 Å². The number of amides is 1. The van der Waals surface area contributed by atoms with Crippen LogP contribution in [-0.2, 0) is 19.1 Å². The van der Waals surface area contributed by atoms with Crippen molar-refractivity contribution < 1.29 is 23.5 Å². The monoisotopic (exact) mass is 383 g/mol. The van der Waals surface area contributed by atoms with Gasteiger partial charge in [-0.05, 0) is 50.2 Å². The van der Waals surface area contributed by atoms with Crippen LogP contribution in [0.25, 0.3) is 0 Å². The molecule has 0 aromatic heterocycles. The molecule has 0 saturated carbocycles. The lowest BCUT2D eigenvalue weighted by Crippen LogP contribution is -2.55. The van der Waals surface area contributed by atoms with Crippen molar-refractivity contribution in [2.75, 3.05) is 16.9 Å². The van der Waals surface area contributed by atoms with E-state index in [1.54, 1.807) is 37.3 Å². The molecule has 1 amide bonds. The molecule has 1 saturated heterocycles. The minimum Gasteiger partial charge on any atom is -0.464 e. The summed E-state index contributed by atoms with van der Waals surface area (Å²) in [6.45, 7) is 3.10. The number of carbonyl (C=O) groups is 3. The van der Waals surface area contributed by atoms with E-state index in [0.717, 1.165) is 4.90 Å². The molecule has 1 aliphatic rings. The molecule has 1 aliphatic heterocycles. The van der Waals surface area contributed by atoms with Gasteiger partial charge in [0.1, 0.15) is 5.82 Å². The second kappa shape index (κ2) is 7.59. The SMILES string of the molecule is CCOC(=O)C1(C)C(=NNc2ccc(F)cc2)C(=O)C(=O)N1c1ccccc1. The van der Waals surface area contributed by atoms with E-state index < -0.39 is 29.0 Å². The predicted octanol–water partition coefficient (Wildman–Crippen LogP) is 2.53. The standard InChI is InChI=1S/C20H18FN3O4/c1-3-28-19(27)20(2)17(23-22-14-11-9-13(21)10-12-14)16(25)18(26)24(20)15-7-5-4-6-8-15/h4-12,22H,3H2,1-2H3. The molecule has 2 aromatic rings. The summed E-state index contributed by atoms with van der Waals surface area (Å²) < 4.78 is 18.2. The number of ketones is 1. The first-order valence-corrected chi connectivity index (χ1v) is 8.60. The fourth-order valence-electron chi connectivity index (χ4n) is 2.95. The van der Waals surface area contributed by atoms with Crippen molar-refractivity contribution >= 4 is 34.7 Å². The van der Waals surface area contributed by atoms with E-state index >= 15 is 0 Å². The number of halogens is 1. The number of para-hydroxylation sites is 1. The Morgan fingerprint density at radius 1 is 1.14 bits per heavy atom. The molecule has 144 valence electrons. The number of esters is 1. The highest BCUT2D eigenvalue weighted by atomic mass is 19.1. The smallest absolute Gasteiger partial charge is 0.338 e. The molecule has 1 atom stereocenters. The summed E-state index contributed by atoms with van der Waals surface area (Å²) in [6.07, 6.45) is 0. The number of ether oxygens (including phenoxy) is 1. The van der Waals surface area contributed by atoms with Gasteiger partial charge >= 0.3 is 11.9 Å². The van der Waals surface area contributed by atoms with Crippen molar-refractivity contribution in [3.8, 4) is 0 Å². The molecule has 0 radical (unpaired) electrons. The van der Waals surface area contributed by atoms with Crippen LogP contribution in [0.1, 0.15) is 13.8 Å². The third-order valence-corrected chi connectivity index (χ3v) is 4.35. The Bertz CT molecular complexity index is 944. The van der Waals surface area contributed by atoms with Crippen molar-refractivity contribution in [3.05, 3.63) is 60.4 Å². The number of hydrazone groups is 1. The van der Waals surface area contributed by atoms with Crippen LogP contribution in [0, 0.1) is 5.82 Å². The van der Waals surface area contributed by atoms with Gasteiger partial charge in [-0.1, -0.05) is 18.2 Å². The Kier molecular flexibility index (Phi) is 5.21. The van der Waals surface area contributed by atoms with E-state index in [-0.39, 0.29) is 12.3 Å². The molecule has 2 aromatic carbocycles. The second-order valence-electron chi connectivity index (χ2n) is 6.18. The first-order chi connectivity index (χ1) is 13.4. The predicted molar refractivity (Wildman–Crippen MR) is 101 cm³/mol. The van der Waals surface area contributed by atoms with E-state index in [9.17, 15) is 18.8 Å². The maximum Gasteiger partial charge on any atom is 0.338 e. The Hall–Kier alpha value is -3.55. The maximum atomic E-state index is 13.1. The van der Waals surface area contributed by atoms with E-state index in [0.29, 0.717) is 11.4 Å². The molecule has 1 heterocycles. The van der Waals surface area contributed by atoms with Gasteiger partial charge in [0.2, 0.25) is 0 Å². The highest BCUT2D eigenvalue weighted by molar-refractivity contribution is 6.75. The number of nitrogens with one attached hydrogen (secondary N) is 1. The van der Waals surface area contributed by atoms with Crippen molar-refractivity contribution in [2.45, 2.75) is 19.4 Å². The molecule has 0 spiro atoms. The third kappa shape index (κ3) is 3.24. The summed E-state index contributed by atoms with van der Waals surface area (Å²) in [6, 6.07) is 13.6. The van der Waals surface area contributed by atoms with Crippen LogP contribution in [0.4, 0.5) is 15.8 Å². The minimum atomic E-state index is -1.75. The number of anilines is 2. The third-order valence-electron chi connectivity index (χ3n) is 4.35. The van der Waals surface area contributed by atoms with Crippen LogP contribution in [0.2, 0.25) is 0 Å². The molecule has 8 heteroatoms. The molecule has 7 nitrogen and oxygen atoms in total. The van der Waals surface area contributed by atoms with Crippen molar-refractivity contribution in [1.29, 1.82) is 0 Å². The van der Waals surface area contributed by atoms with Gasteiger partial charge in [0.25, 0.3) is 5.78 Å². The molecular weight excluding hydrogens is 365 g/mol. The summed E-state index contributed by atoms with van der Waals surface area (Å²) in [7, 11) is 0. The summed E-state index contributed by atoms with van der Waals surface area (Å²) in [5.41, 5.74) is 1.30. The Labute approximate surface area is 160 Å². The largest absolute Gasteiger partial charge is 0.464 e. The molecular formula is C20H18FN3O4. The Morgan fingerprint density at radius 3 is 2.39 bits per heavy atom. The van der Waals surface area contributed by atoms with Crippen LogP contribution < -0.4 is 10.3 Å². The molecule has 1 fully saturated rings. The Morgan fingerprint density at radius 2 is 1.79 bits per heavy atom. The number of Topliss-reactive ketones (excluding diaryl/α,β-unsaturated/α-hetero) is 1. The van der Waals surface area contributed by atoms with Gasteiger partial charge in [-0.2, -0.15) is 5.10 Å². The summed E-state index contributed by atoms with van der Waals surface area (Å²) in [5.74, 6) is -3.02. The second-order valence-corrected chi connectivity index (χ2v) is 6.18. The van der Waals surface area contributed by atoms with Gasteiger partial charge < -0.3 is 4.74 Å². The average molecular weight is 383 g/mol. The summed E-state index contributed by atoms with van der Waals surface area (Å²) >= 11 is 0. The topological polar surface area (TPSA) is 88.1 Å². The van der Waals surface area contributed by atoms with Gasteiger partial charge in [0, 0.05) is 5.69 Å². The zero-order valence-corrected chi connectivity index (χ0v) is 15.3. The molecule has 1 N–H and O–H groups in total. The zero-order chi connectivity index (χ0) is 20.3. The number of hydrogen-bond acceptors (Lipinski definition) is 6. The van der Waals surface area contributed by atoms with E-state index in [2.05, 4.69) is 10.5 Å². The van der Waals surface area contributed by atoms with Crippen LogP contribution in [0.5, 0.6) is 0 Å². The fourth-order valence-corrected chi connectivity index (χ4v) is 2.95. The van der Waals surface area contributed by atoms with Crippen molar-refractivity contribution in [2.24, 2.45) is 5.10 Å². The maximum absolute atomic E-state index is 13.1. The van der Waals surface area contributed by atoms with Crippen LogP contribution in [0.3, 0.4) is 0 Å². The van der Waals surface area contributed by atoms with E-state index in [1.165, 1.54) is 31.2 Å². The molecule has 3 rings (SSSR count). The van der Waals surface area contributed by atoms with Crippen molar-refractivity contribution in [1.82, 2.24) is 0 Å². The van der Waals surface area contributed by atoms with Gasteiger partial charge in [-0.3, -0.25) is 19.9 Å². The zero-order valence-electron chi connectivity index (χ0n) is 15.3. The summed E-state index contributed by atoms with van der Waals surface area (Å²) in [4.78, 5) is 39.2. The quantitative estimate of drug-likeness (QED) is 0.487. The average Bonchev–Trinajstić information content (AvgIpc) is 2.89. The number of carbonyl (C=O) groups excluding carboxylic acids is 3. The van der Waals surface area contributed by atoms with Gasteiger partial charge in [0.15, 0.2) is 11.3 Å².